The second-order valence-corrected chi connectivity index (χ2v) is 7.62. The highest BCUT2D eigenvalue weighted by atomic mass is 35.5. The fraction of sp³-hybridized carbons (Fsp3) is 0.150. The van der Waals surface area contributed by atoms with Crippen molar-refractivity contribution in [3.8, 4) is 11.3 Å². The molecule has 0 radical (unpaired) electrons. The van der Waals surface area contributed by atoms with Crippen molar-refractivity contribution in [1.82, 2.24) is 14.1 Å². The number of hydrogen-bond donors (Lipinski definition) is 1. The van der Waals surface area contributed by atoms with Crippen LogP contribution in [0.1, 0.15) is 6.42 Å². The van der Waals surface area contributed by atoms with Crippen molar-refractivity contribution in [2.75, 3.05) is 5.32 Å². The summed E-state index contributed by atoms with van der Waals surface area (Å²) in [5, 5.41) is 5.88. The molecule has 0 saturated carbocycles. The molecular formula is C20H17ClN4O2S. The molecular weight excluding hydrogens is 396 g/mol. The van der Waals surface area contributed by atoms with Crippen molar-refractivity contribution in [2.45, 2.75) is 13.0 Å². The smallest absolute Gasteiger partial charge is 0.302 e. The lowest BCUT2D eigenvalue weighted by molar-refractivity contribution is -0.116. The molecule has 6 nitrogen and oxygen atoms in total. The van der Waals surface area contributed by atoms with Crippen molar-refractivity contribution < 1.29 is 4.79 Å². The lowest BCUT2D eigenvalue weighted by atomic mass is 10.2. The maximum atomic E-state index is 12.4. The van der Waals surface area contributed by atoms with Gasteiger partial charge in [0, 0.05) is 36.0 Å². The highest BCUT2D eigenvalue weighted by molar-refractivity contribution is 7.14. The number of aromatic nitrogens is 3. The number of rotatable bonds is 5. The Morgan fingerprint density at radius 3 is 2.61 bits per heavy atom. The summed E-state index contributed by atoms with van der Waals surface area (Å²) in [6.07, 6.45) is 0.184. The molecule has 28 heavy (non-hydrogen) atoms. The standard InChI is InChI=1S/C20H17ClN4O2S/c1-24-16-4-2-3-5-17(16)25(20(24)27)11-10-18(26)23-19-22-15(12-28-19)13-6-8-14(21)9-7-13/h2-9,12H,10-11H2,1H3,(H,22,23,26). The van der Waals surface area contributed by atoms with Gasteiger partial charge in [-0.1, -0.05) is 35.9 Å². The van der Waals surface area contributed by atoms with Gasteiger partial charge in [-0.25, -0.2) is 9.78 Å². The molecule has 0 aliphatic heterocycles. The monoisotopic (exact) mass is 412 g/mol. The Kier molecular flexibility index (Phi) is 5.02. The molecule has 0 fully saturated rings. The summed E-state index contributed by atoms with van der Waals surface area (Å²) >= 11 is 7.27. The number of para-hydroxylation sites is 2. The van der Waals surface area contributed by atoms with Gasteiger partial charge in [0.25, 0.3) is 0 Å². The molecule has 0 aliphatic rings. The fourth-order valence-electron chi connectivity index (χ4n) is 3.06. The zero-order chi connectivity index (χ0) is 19.7. The van der Waals surface area contributed by atoms with Crippen molar-refractivity contribution in [2.24, 2.45) is 7.05 Å². The van der Waals surface area contributed by atoms with Gasteiger partial charge < -0.3 is 5.32 Å². The number of nitrogens with one attached hydrogen (secondary N) is 1. The number of amides is 1. The van der Waals surface area contributed by atoms with Crippen LogP contribution >= 0.6 is 22.9 Å². The average Bonchev–Trinajstić information content (AvgIpc) is 3.25. The number of carbonyl (C=O) groups excluding carboxylic acids is 1. The Balaban J connectivity index is 1.44. The minimum absolute atomic E-state index is 0.131. The summed E-state index contributed by atoms with van der Waals surface area (Å²) in [5.74, 6) is -0.183. The van der Waals surface area contributed by atoms with Crippen LogP contribution in [0, 0.1) is 0 Å². The van der Waals surface area contributed by atoms with Crippen molar-refractivity contribution >= 4 is 45.0 Å². The maximum absolute atomic E-state index is 12.4. The van der Waals surface area contributed by atoms with E-state index in [2.05, 4.69) is 10.3 Å². The lowest BCUT2D eigenvalue weighted by Crippen LogP contribution is -2.24. The summed E-state index contributed by atoms with van der Waals surface area (Å²) in [5.41, 5.74) is 3.25. The van der Waals surface area contributed by atoms with Crippen molar-refractivity contribution in [3.05, 3.63) is 69.4 Å². The van der Waals surface area contributed by atoms with E-state index in [-0.39, 0.29) is 18.0 Å². The average molecular weight is 413 g/mol. The van der Waals surface area contributed by atoms with E-state index >= 15 is 0 Å². The first-order valence-electron chi connectivity index (χ1n) is 8.68. The van der Waals surface area contributed by atoms with E-state index < -0.39 is 0 Å². The maximum Gasteiger partial charge on any atom is 0.328 e. The van der Waals surface area contributed by atoms with Crippen molar-refractivity contribution in [1.29, 1.82) is 0 Å². The summed E-state index contributed by atoms with van der Waals surface area (Å²) in [6.45, 7) is 0.307. The molecule has 0 bridgehead atoms. The van der Waals surface area contributed by atoms with E-state index in [1.807, 2.05) is 41.8 Å². The second kappa shape index (κ2) is 7.61. The Morgan fingerprint density at radius 2 is 1.86 bits per heavy atom. The highest BCUT2D eigenvalue weighted by Crippen LogP contribution is 2.26. The zero-order valence-electron chi connectivity index (χ0n) is 15.1. The molecule has 0 atom stereocenters. The number of benzene rings is 2. The van der Waals surface area contributed by atoms with Gasteiger partial charge in [0.2, 0.25) is 5.91 Å². The predicted octanol–water partition coefficient (Wildman–Crippen LogP) is 4.15. The summed E-state index contributed by atoms with van der Waals surface area (Å²) in [7, 11) is 1.73. The summed E-state index contributed by atoms with van der Waals surface area (Å²) < 4.78 is 3.21. The minimum Gasteiger partial charge on any atom is -0.302 e. The topological polar surface area (TPSA) is 68.9 Å². The summed E-state index contributed by atoms with van der Waals surface area (Å²) in [4.78, 5) is 29.2. The number of aryl methyl sites for hydroxylation is 2. The second-order valence-electron chi connectivity index (χ2n) is 6.32. The van der Waals surface area contributed by atoms with E-state index in [1.54, 1.807) is 28.3 Å². The highest BCUT2D eigenvalue weighted by Gasteiger charge is 2.13. The van der Waals surface area contributed by atoms with Gasteiger partial charge in [0.1, 0.15) is 0 Å². The molecule has 2 aromatic heterocycles. The molecule has 4 rings (SSSR count). The van der Waals surface area contributed by atoms with Gasteiger partial charge in [-0.3, -0.25) is 13.9 Å². The SMILES string of the molecule is Cn1c(=O)n(CCC(=O)Nc2nc(-c3ccc(Cl)cc3)cs2)c2ccccc21. The lowest BCUT2D eigenvalue weighted by Gasteiger charge is -2.04. The van der Waals surface area contributed by atoms with Crippen molar-refractivity contribution in [3.63, 3.8) is 0 Å². The Morgan fingerprint density at radius 1 is 1.14 bits per heavy atom. The summed E-state index contributed by atoms with van der Waals surface area (Å²) in [6, 6.07) is 14.9. The number of halogens is 1. The van der Waals surface area contributed by atoms with Crippen LogP contribution in [0.3, 0.4) is 0 Å². The molecule has 1 N–H and O–H groups in total. The predicted molar refractivity (Wildman–Crippen MR) is 113 cm³/mol. The number of anilines is 1. The van der Waals surface area contributed by atoms with Gasteiger partial charge in [-0.05, 0) is 24.3 Å². The largest absolute Gasteiger partial charge is 0.328 e. The first-order valence-corrected chi connectivity index (χ1v) is 9.94. The van der Waals surface area contributed by atoms with E-state index in [0.717, 1.165) is 22.3 Å². The molecule has 1 amide bonds. The number of hydrogen-bond acceptors (Lipinski definition) is 4. The molecule has 2 aromatic carbocycles. The van der Waals surface area contributed by atoms with Crippen LogP contribution in [-0.4, -0.2) is 20.0 Å². The molecule has 4 aromatic rings. The van der Waals surface area contributed by atoms with Gasteiger partial charge in [0.05, 0.1) is 16.7 Å². The quantitative estimate of drug-likeness (QED) is 0.535. The molecule has 0 saturated heterocycles. The van der Waals surface area contributed by atoms with E-state index in [4.69, 9.17) is 11.6 Å². The number of carbonyl (C=O) groups is 1. The number of fused-ring (bicyclic) bond motifs is 1. The van der Waals surface area contributed by atoms with Crippen LogP contribution in [0.15, 0.2) is 58.7 Å². The van der Waals surface area contributed by atoms with Crippen LogP contribution < -0.4 is 11.0 Å². The molecule has 0 spiro atoms. The molecule has 0 unspecified atom stereocenters. The Hall–Kier alpha value is -2.90. The minimum atomic E-state index is -0.183. The van der Waals surface area contributed by atoms with Crippen LogP contribution in [0.2, 0.25) is 5.02 Å². The van der Waals surface area contributed by atoms with E-state index in [0.29, 0.717) is 16.7 Å². The first kappa shape index (κ1) is 18.5. The molecule has 0 aliphatic carbocycles. The molecule has 142 valence electrons. The molecule has 2 heterocycles. The van der Waals surface area contributed by atoms with Crippen LogP contribution in [0.5, 0.6) is 0 Å². The Bertz CT molecular complexity index is 1210. The van der Waals surface area contributed by atoms with Gasteiger partial charge in [-0.15, -0.1) is 11.3 Å². The van der Waals surface area contributed by atoms with Gasteiger partial charge in [-0.2, -0.15) is 0 Å². The number of imidazole rings is 1. The third kappa shape index (κ3) is 3.58. The normalized spacial score (nSPS) is 11.1. The fourth-order valence-corrected chi connectivity index (χ4v) is 3.92. The van der Waals surface area contributed by atoms with Crippen LogP contribution in [0.4, 0.5) is 5.13 Å². The third-order valence-corrected chi connectivity index (χ3v) is 5.51. The molecule has 8 heteroatoms. The number of thiazole rings is 1. The first-order chi connectivity index (χ1) is 13.5. The van der Waals surface area contributed by atoms with Gasteiger partial charge >= 0.3 is 5.69 Å². The van der Waals surface area contributed by atoms with Crippen LogP contribution in [-0.2, 0) is 18.4 Å². The van der Waals surface area contributed by atoms with E-state index in [9.17, 15) is 9.59 Å². The zero-order valence-corrected chi connectivity index (χ0v) is 16.6. The van der Waals surface area contributed by atoms with Crippen LogP contribution in [0.25, 0.3) is 22.3 Å². The Labute approximate surface area is 170 Å². The van der Waals surface area contributed by atoms with E-state index in [1.165, 1.54) is 11.3 Å². The number of nitrogens with zero attached hydrogens (tertiary/aromatic N) is 3. The van der Waals surface area contributed by atoms with Gasteiger partial charge in [0.15, 0.2) is 5.13 Å². The third-order valence-electron chi connectivity index (χ3n) is 4.50.